The predicted molar refractivity (Wildman–Crippen MR) is 61.5 cm³/mol. The number of amides is 1. The number of carbonyl (C=O) groups is 1. The molecule has 0 fully saturated rings. The predicted octanol–water partition coefficient (Wildman–Crippen LogP) is 0.968. The van der Waals surface area contributed by atoms with Gasteiger partial charge in [-0.05, 0) is 12.1 Å². The molecular formula is C10H13N3O4. The van der Waals surface area contributed by atoms with Crippen LogP contribution in [0.4, 0.5) is 10.5 Å². The summed E-state index contributed by atoms with van der Waals surface area (Å²) in [5.41, 5.74) is 6.09. The monoisotopic (exact) mass is 239 g/mol. The van der Waals surface area contributed by atoms with Crippen LogP contribution in [0.2, 0.25) is 0 Å². The fourth-order valence-electron chi connectivity index (χ4n) is 1.25. The zero-order valence-corrected chi connectivity index (χ0v) is 9.43. The van der Waals surface area contributed by atoms with E-state index >= 15 is 0 Å². The number of ether oxygens (including phenoxy) is 2. The fraction of sp³-hybridized carbons (Fsp3) is 0.200. The van der Waals surface area contributed by atoms with Crippen LogP contribution in [-0.4, -0.2) is 31.4 Å². The Kier molecular flexibility index (Phi) is 4.15. The number of methoxy groups -OCH3 is 2. The number of rotatable bonds is 3. The zero-order chi connectivity index (χ0) is 12.8. The summed E-state index contributed by atoms with van der Waals surface area (Å²) >= 11 is 0. The molecule has 92 valence electrons. The van der Waals surface area contributed by atoms with E-state index in [1.807, 2.05) is 0 Å². The van der Waals surface area contributed by atoms with Crippen molar-refractivity contribution in [3.63, 3.8) is 0 Å². The molecule has 0 aliphatic rings. The summed E-state index contributed by atoms with van der Waals surface area (Å²) in [6.07, 6.45) is -0.679. The number of hydrogen-bond acceptors (Lipinski definition) is 5. The number of nitrogens with one attached hydrogen (secondary N) is 1. The summed E-state index contributed by atoms with van der Waals surface area (Å²) in [7, 11) is 2.67. The van der Waals surface area contributed by atoms with Crippen LogP contribution in [0, 0.1) is 0 Å². The molecule has 7 heteroatoms. The standard InChI is InChI=1S/C10H13N3O4/c1-16-7-5-3-4-6(9(11)13-15)8(7)12-10(14)17-2/h3-5,15H,1-2H3,(H2,11,13)(H,12,14). The maximum atomic E-state index is 11.2. The highest BCUT2D eigenvalue weighted by molar-refractivity contribution is 6.06. The maximum absolute atomic E-state index is 11.2. The number of amidine groups is 1. The Morgan fingerprint density at radius 2 is 2.18 bits per heavy atom. The van der Waals surface area contributed by atoms with Gasteiger partial charge in [-0.1, -0.05) is 11.2 Å². The number of nitrogens with zero attached hydrogens (tertiary/aromatic N) is 1. The number of oxime groups is 1. The number of benzene rings is 1. The molecule has 0 aliphatic carbocycles. The van der Waals surface area contributed by atoms with Crippen LogP contribution in [0.3, 0.4) is 0 Å². The summed E-state index contributed by atoms with van der Waals surface area (Å²) in [5.74, 6) is 0.231. The van der Waals surface area contributed by atoms with Crippen molar-refractivity contribution < 1.29 is 19.5 Å². The molecule has 0 aliphatic heterocycles. The Balaban J connectivity index is 3.25. The summed E-state index contributed by atoms with van der Waals surface area (Å²) in [6, 6.07) is 4.84. The third-order valence-corrected chi connectivity index (χ3v) is 2.04. The normalized spacial score (nSPS) is 10.8. The molecule has 0 spiro atoms. The van der Waals surface area contributed by atoms with E-state index < -0.39 is 6.09 Å². The van der Waals surface area contributed by atoms with Crippen LogP contribution in [0.1, 0.15) is 5.56 Å². The molecule has 1 rings (SSSR count). The lowest BCUT2D eigenvalue weighted by Crippen LogP contribution is -2.19. The summed E-state index contributed by atoms with van der Waals surface area (Å²) in [4.78, 5) is 11.2. The van der Waals surface area contributed by atoms with Crippen molar-refractivity contribution in [1.29, 1.82) is 0 Å². The molecule has 7 nitrogen and oxygen atoms in total. The van der Waals surface area contributed by atoms with E-state index in [0.717, 1.165) is 0 Å². The smallest absolute Gasteiger partial charge is 0.411 e. The van der Waals surface area contributed by atoms with E-state index in [2.05, 4.69) is 15.2 Å². The largest absolute Gasteiger partial charge is 0.495 e. The van der Waals surface area contributed by atoms with Gasteiger partial charge in [0.15, 0.2) is 5.84 Å². The zero-order valence-electron chi connectivity index (χ0n) is 9.43. The minimum absolute atomic E-state index is 0.143. The molecule has 0 bridgehead atoms. The molecule has 1 aromatic carbocycles. The summed E-state index contributed by atoms with van der Waals surface area (Å²) in [6.45, 7) is 0. The Bertz CT molecular complexity index is 445. The van der Waals surface area contributed by atoms with Crippen LogP contribution in [-0.2, 0) is 4.74 Å². The highest BCUT2D eigenvalue weighted by Gasteiger charge is 2.15. The molecule has 1 aromatic rings. The molecule has 0 saturated heterocycles. The summed E-state index contributed by atoms with van der Waals surface area (Å²) < 4.78 is 9.54. The average Bonchev–Trinajstić information content (AvgIpc) is 2.37. The van der Waals surface area contributed by atoms with Crippen molar-refractivity contribution in [3.8, 4) is 5.75 Å². The van der Waals surface area contributed by atoms with E-state index in [1.54, 1.807) is 18.2 Å². The summed E-state index contributed by atoms with van der Waals surface area (Å²) in [5, 5.41) is 14.0. The van der Waals surface area contributed by atoms with E-state index in [4.69, 9.17) is 15.7 Å². The topological polar surface area (TPSA) is 106 Å². The quantitative estimate of drug-likeness (QED) is 0.315. The van der Waals surface area contributed by atoms with Crippen molar-refractivity contribution >= 4 is 17.6 Å². The van der Waals surface area contributed by atoms with Crippen molar-refractivity contribution in [2.75, 3.05) is 19.5 Å². The van der Waals surface area contributed by atoms with E-state index in [0.29, 0.717) is 11.3 Å². The number of hydrogen-bond donors (Lipinski definition) is 3. The second-order valence-corrected chi connectivity index (χ2v) is 2.98. The van der Waals surface area contributed by atoms with Crippen LogP contribution in [0.25, 0.3) is 0 Å². The van der Waals surface area contributed by atoms with Gasteiger partial charge in [-0.15, -0.1) is 0 Å². The molecule has 0 aromatic heterocycles. The lowest BCUT2D eigenvalue weighted by Gasteiger charge is -2.13. The van der Waals surface area contributed by atoms with E-state index in [9.17, 15) is 4.79 Å². The van der Waals surface area contributed by atoms with Gasteiger partial charge in [0.2, 0.25) is 0 Å². The minimum atomic E-state index is -0.679. The number of carbonyl (C=O) groups excluding carboxylic acids is 1. The number of anilines is 1. The second kappa shape index (κ2) is 5.59. The van der Waals surface area contributed by atoms with E-state index in [-0.39, 0.29) is 11.5 Å². The van der Waals surface area contributed by atoms with Crippen LogP contribution in [0.5, 0.6) is 5.75 Å². The number of para-hydroxylation sites is 1. The molecule has 4 N–H and O–H groups in total. The average molecular weight is 239 g/mol. The Hall–Kier alpha value is -2.44. The van der Waals surface area contributed by atoms with Crippen molar-refractivity contribution in [1.82, 2.24) is 0 Å². The maximum Gasteiger partial charge on any atom is 0.411 e. The van der Waals surface area contributed by atoms with Gasteiger partial charge in [-0.2, -0.15) is 0 Å². The van der Waals surface area contributed by atoms with Crippen molar-refractivity contribution in [2.24, 2.45) is 10.9 Å². The first-order chi connectivity index (χ1) is 8.13. The molecule has 0 saturated carbocycles. The van der Waals surface area contributed by atoms with Gasteiger partial charge in [0.25, 0.3) is 0 Å². The van der Waals surface area contributed by atoms with Crippen LogP contribution >= 0.6 is 0 Å². The first-order valence-electron chi connectivity index (χ1n) is 4.64. The van der Waals surface area contributed by atoms with Gasteiger partial charge in [0.05, 0.1) is 19.9 Å². The fourth-order valence-corrected chi connectivity index (χ4v) is 1.25. The van der Waals surface area contributed by atoms with Gasteiger partial charge in [0, 0.05) is 5.56 Å². The number of nitrogens with two attached hydrogens (primary N) is 1. The van der Waals surface area contributed by atoms with Gasteiger partial charge in [0.1, 0.15) is 5.75 Å². The van der Waals surface area contributed by atoms with Crippen molar-refractivity contribution in [2.45, 2.75) is 0 Å². The molecule has 0 atom stereocenters. The highest BCUT2D eigenvalue weighted by atomic mass is 16.5. The molecule has 17 heavy (non-hydrogen) atoms. The van der Waals surface area contributed by atoms with Gasteiger partial charge >= 0.3 is 6.09 Å². The second-order valence-electron chi connectivity index (χ2n) is 2.98. The molecule has 0 heterocycles. The third-order valence-electron chi connectivity index (χ3n) is 2.04. The van der Waals surface area contributed by atoms with Gasteiger partial charge in [-0.3, -0.25) is 5.32 Å². The lowest BCUT2D eigenvalue weighted by molar-refractivity contribution is 0.187. The van der Waals surface area contributed by atoms with Gasteiger partial charge in [-0.25, -0.2) is 4.79 Å². The third kappa shape index (κ3) is 2.77. The van der Waals surface area contributed by atoms with Crippen molar-refractivity contribution in [3.05, 3.63) is 23.8 Å². The Morgan fingerprint density at radius 1 is 1.47 bits per heavy atom. The Morgan fingerprint density at radius 3 is 2.71 bits per heavy atom. The van der Waals surface area contributed by atoms with Crippen LogP contribution in [0.15, 0.2) is 23.4 Å². The first-order valence-corrected chi connectivity index (χ1v) is 4.64. The van der Waals surface area contributed by atoms with Crippen LogP contribution < -0.4 is 15.8 Å². The van der Waals surface area contributed by atoms with Gasteiger partial charge < -0.3 is 20.4 Å². The Labute approximate surface area is 97.8 Å². The highest BCUT2D eigenvalue weighted by Crippen LogP contribution is 2.28. The molecule has 0 unspecified atom stereocenters. The lowest BCUT2D eigenvalue weighted by atomic mass is 10.1. The molecule has 1 amide bonds. The minimum Gasteiger partial charge on any atom is -0.495 e. The van der Waals surface area contributed by atoms with E-state index in [1.165, 1.54) is 14.2 Å². The molecular weight excluding hydrogens is 226 g/mol. The SMILES string of the molecule is COC(=O)Nc1c(OC)cccc1/C(N)=N/O. The molecule has 0 radical (unpaired) electrons. The first kappa shape index (κ1) is 12.6.